The van der Waals surface area contributed by atoms with Gasteiger partial charge in [0.2, 0.25) is 5.91 Å². The fraction of sp³-hybridized carbons (Fsp3) is 0.692. The van der Waals surface area contributed by atoms with Gasteiger partial charge in [0.1, 0.15) is 0 Å². The molecule has 1 fully saturated rings. The Morgan fingerprint density at radius 1 is 1.44 bits per heavy atom. The number of nitrogens with zero attached hydrogens (tertiary/aromatic N) is 1. The van der Waals surface area contributed by atoms with E-state index in [1.807, 2.05) is 11.8 Å². The lowest BCUT2D eigenvalue weighted by atomic mass is 9.76. The zero-order valence-corrected chi connectivity index (χ0v) is 10.7. The van der Waals surface area contributed by atoms with Crippen molar-refractivity contribution in [1.82, 2.24) is 10.2 Å². The van der Waals surface area contributed by atoms with E-state index in [0.29, 0.717) is 38.9 Å². The molecule has 5 nitrogen and oxygen atoms in total. The van der Waals surface area contributed by atoms with Crippen molar-refractivity contribution in [2.75, 3.05) is 26.2 Å². The predicted molar refractivity (Wildman–Crippen MR) is 67.9 cm³/mol. The van der Waals surface area contributed by atoms with Crippen molar-refractivity contribution in [2.24, 2.45) is 5.41 Å². The van der Waals surface area contributed by atoms with Gasteiger partial charge in [-0.15, -0.1) is 6.42 Å². The van der Waals surface area contributed by atoms with Gasteiger partial charge in [-0.2, -0.15) is 0 Å². The van der Waals surface area contributed by atoms with Crippen molar-refractivity contribution < 1.29 is 14.7 Å². The lowest BCUT2D eigenvalue weighted by Crippen LogP contribution is -2.47. The molecule has 0 radical (unpaired) electrons. The Labute approximate surface area is 108 Å². The molecule has 1 amide bonds. The molecule has 1 aliphatic heterocycles. The van der Waals surface area contributed by atoms with Crippen LogP contribution < -0.4 is 5.32 Å². The molecule has 0 aromatic rings. The third-order valence-corrected chi connectivity index (χ3v) is 3.70. The predicted octanol–water partition coefficient (Wildman–Crippen LogP) is 0.313. The second kappa shape index (κ2) is 6.41. The van der Waals surface area contributed by atoms with Crippen molar-refractivity contribution in [1.29, 1.82) is 0 Å². The summed E-state index contributed by atoms with van der Waals surface area (Å²) in [4.78, 5) is 24.7. The van der Waals surface area contributed by atoms with Gasteiger partial charge < -0.3 is 10.4 Å². The molecule has 0 aromatic heterocycles. The minimum Gasteiger partial charge on any atom is -0.481 e. The number of hydrogen-bond acceptors (Lipinski definition) is 3. The highest BCUT2D eigenvalue weighted by Crippen LogP contribution is 2.34. The van der Waals surface area contributed by atoms with Crippen LogP contribution in [-0.4, -0.2) is 48.1 Å². The second-order valence-electron chi connectivity index (χ2n) is 4.70. The molecule has 1 rings (SSSR count). The zero-order chi connectivity index (χ0) is 13.6. The van der Waals surface area contributed by atoms with Gasteiger partial charge in [0.05, 0.1) is 18.5 Å². The maximum Gasteiger partial charge on any atom is 0.309 e. The van der Waals surface area contributed by atoms with Crippen LogP contribution in [0.15, 0.2) is 0 Å². The van der Waals surface area contributed by atoms with Crippen molar-refractivity contribution >= 4 is 11.9 Å². The molecule has 0 aromatic carbocycles. The molecule has 1 heterocycles. The molecular formula is C13H20N2O3. The first kappa shape index (κ1) is 14.5. The minimum absolute atomic E-state index is 0.104. The number of carbonyl (C=O) groups is 2. The number of carbonyl (C=O) groups excluding carboxylic acids is 1. The number of carboxylic acids is 1. The van der Waals surface area contributed by atoms with E-state index in [9.17, 15) is 14.7 Å². The standard InChI is InChI=1S/C13H20N2O3/c1-3-7-14-11(16)10-15-8-5-13(4-2,6-9-15)12(17)18/h1H,4-10H2,2H3,(H,14,16)(H,17,18). The summed E-state index contributed by atoms with van der Waals surface area (Å²) in [5.41, 5.74) is -0.605. The van der Waals surface area contributed by atoms with E-state index in [4.69, 9.17) is 6.42 Å². The van der Waals surface area contributed by atoms with E-state index in [2.05, 4.69) is 11.2 Å². The summed E-state index contributed by atoms with van der Waals surface area (Å²) < 4.78 is 0. The largest absolute Gasteiger partial charge is 0.481 e. The second-order valence-corrected chi connectivity index (χ2v) is 4.70. The third-order valence-electron chi connectivity index (χ3n) is 3.70. The number of amides is 1. The van der Waals surface area contributed by atoms with Gasteiger partial charge in [-0.1, -0.05) is 12.8 Å². The highest BCUT2D eigenvalue weighted by atomic mass is 16.4. The van der Waals surface area contributed by atoms with Gasteiger partial charge in [-0.25, -0.2) is 0 Å². The fourth-order valence-corrected chi connectivity index (χ4v) is 2.27. The number of aliphatic carboxylic acids is 1. The molecule has 5 heteroatoms. The molecule has 0 atom stereocenters. The molecule has 0 aliphatic carbocycles. The Balaban J connectivity index is 2.42. The van der Waals surface area contributed by atoms with Crippen LogP contribution in [0.1, 0.15) is 26.2 Å². The maximum absolute atomic E-state index is 11.5. The van der Waals surface area contributed by atoms with E-state index in [0.717, 1.165) is 0 Å². The summed E-state index contributed by atoms with van der Waals surface area (Å²) in [5, 5.41) is 11.9. The molecule has 1 saturated heterocycles. The summed E-state index contributed by atoms with van der Waals surface area (Å²) in [6, 6.07) is 0. The van der Waals surface area contributed by atoms with Gasteiger partial charge >= 0.3 is 5.97 Å². The third kappa shape index (κ3) is 3.47. The van der Waals surface area contributed by atoms with Crippen LogP contribution in [-0.2, 0) is 9.59 Å². The number of piperidine rings is 1. The van der Waals surface area contributed by atoms with Crippen LogP contribution in [0.25, 0.3) is 0 Å². The summed E-state index contributed by atoms with van der Waals surface area (Å²) in [6.07, 6.45) is 6.89. The topological polar surface area (TPSA) is 69.6 Å². The van der Waals surface area contributed by atoms with Crippen molar-refractivity contribution in [3.63, 3.8) is 0 Å². The molecular weight excluding hydrogens is 232 g/mol. The number of terminal acetylenes is 1. The summed E-state index contributed by atoms with van der Waals surface area (Å²) in [6.45, 7) is 3.72. The number of rotatable bonds is 5. The molecule has 0 spiro atoms. The molecule has 18 heavy (non-hydrogen) atoms. The summed E-state index contributed by atoms with van der Waals surface area (Å²) in [7, 11) is 0. The highest BCUT2D eigenvalue weighted by molar-refractivity contribution is 5.78. The number of likely N-dealkylation sites (tertiary alicyclic amines) is 1. The van der Waals surface area contributed by atoms with Gasteiger partial charge in [-0.05, 0) is 32.4 Å². The molecule has 0 unspecified atom stereocenters. The average Bonchev–Trinajstić information content (AvgIpc) is 2.37. The van der Waals surface area contributed by atoms with Crippen LogP contribution in [0.5, 0.6) is 0 Å². The van der Waals surface area contributed by atoms with Crippen LogP contribution in [0.4, 0.5) is 0 Å². The normalized spacial score (nSPS) is 18.9. The highest BCUT2D eigenvalue weighted by Gasteiger charge is 2.39. The van der Waals surface area contributed by atoms with Crippen LogP contribution in [0, 0.1) is 17.8 Å². The maximum atomic E-state index is 11.5. The Hall–Kier alpha value is -1.54. The van der Waals surface area contributed by atoms with Crippen LogP contribution in [0.3, 0.4) is 0 Å². The molecule has 0 saturated carbocycles. The van der Waals surface area contributed by atoms with Crippen LogP contribution >= 0.6 is 0 Å². The van der Waals surface area contributed by atoms with Crippen molar-refractivity contribution in [2.45, 2.75) is 26.2 Å². The van der Waals surface area contributed by atoms with Gasteiger partial charge in [-0.3, -0.25) is 14.5 Å². The lowest BCUT2D eigenvalue weighted by molar-refractivity contribution is -0.152. The molecule has 2 N–H and O–H groups in total. The lowest BCUT2D eigenvalue weighted by Gasteiger charge is -2.37. The van der Waals surface area contributed by atoms with Crippen molar-refractivity contribution in [3.8, 4) is 12.3 Å². The van der Waals surface area contributed by atoms with Gasteiger partial charge in [0, 0.05) is 0 Å². The van der Waals surface area contributed by atoms with Crippen LogP contribution in [0.2, 0.25) is 0 Å². The smallest absolute Gasteiger partial charge is 0.309 e. The van der Waals surface area contributed by atoms with E-state index in [-0.39, 0.29) is 12.5 Å². The average molecular weight is 252 g/mol. The zero-order valence-electron chi connectivity index (χ0n) is 10.7. The Morgan fingerprint density at radius 3 is 2.50 bits per heavy atom. The van der Waals surface area contributed by atoms with E-state index >= 15 is 0 Å². The van der Waals surface area contributed by atoms with Gasteiger partial charge in [0.15, 0.2) is 0 Å². The fourth-order valence-electron chi connectivity index (χ4n) is 2.27. The van der Waals surface area contributed by atoms with Crippen molar-refractivity contribution in [3.05, 3.63) is 0 Å². The molecule has 100 valence electrons. The number of carboxylic acid groups (broad SMARTS) is 1. The first-order valence-electron chi connectivity index (χ1n) is 6.20. The van der Waals surface area contributed by atoms with E-state index in [1.165, 1.54) is 0 Å². The minimum atomic E-state index is -0.721. The van der Waals surface area contributed by atoms with E-state index < -0.39 is 11.4 Å². The Morgan fingerprint density at radius 2 is 2.06 bits per heavy atom. The first-order valence-corrected chi connectivity index (χ1v) is 6.20. The van der Waals surface area contributed by atoms with Gasteiger partial charge in [0.25, 0.3) is 0 Å². The number of hydrogen-bond donors (Lipinski definition) is 2. The summed E-state index contributed by atoms with van der Waals surface area (Å²) in [5.74, 6) is 1.52. The SMILES string of the molecule is C#CCNC(=O)CN1CCC(CC)(C(=O)O)CC1. The first-order chi connectivity index (χ1) is 8.54. The quantitative estimate of drug-likeness (QED) is 0.691. The Kier molecular flexibility index (Phi) is 5.17. The monoisotopic (exact) mass is 252 g/mol. The number of nitrogens with one attached hydrogen (secondary N) is 1. The molecule has 0 bridgehead atoms. The Bertz CT molecular complexity index is 352. The summed E-state index contributed by atoms with van der Waals surface area (Å²) >= 11 is 0. The molecule has 1 aliphatic rings. The van der Waals surface area contributed by atoms with E-state index in [1.54, 1.807) is 0 Å².